The fourth-order valence-electron chi connectivity index (χ4n) is 1.92. The molecular formula is C13H11F3O. The number of fused-ring (bicyclic) bond motifs is 1. The van der Waals surface area contributed by atoms with Crippen molar-refractivity contribution in [2.24, 2.45) is 0 Å². The number of halogens is 3. The molecule has 2 rings (SSSR count). The summed E-state index contributed by atoms with van der Waals surface area (Å²) in [4.78, 5) is 0. The van der Waals surface area contributed by atoms with Gasteiger partial charge in [-0.25, -0.2) is 0 Å². The highest BCUT2D eigenvalue weighted by atomic mass is 19.4. The second kappa shape index (κ2) is 3.95. The van der Waals surface area contributed by atoms with Crippen molar-refractivity contribution in [3.05, 3.63) is 41.5 Å². The van der Waals surface area contributed by atoms with Crippen molar-refractivity contribution in [2.75, 3.05) is 0 Å². The quantitative estimate of drug-likeness (QED) is 0.794. The highest BCUT2D eigenvalue weighted by molar-refractivity contribution is 5.92. The molecule has 0 radical (unpaired) electrons. The van der Waals surface area contributed by atoms with Crippen LogP contribution in [0, 0.1) is 0 Å². The Labute approximate surface area is 96.5 Å². The number of benzene rings is 2. The topological polar surface area (TPSA) is 20.2 Å². The van der Waals surface area contributed by atoms with Crippen LogP contribution < -0.4 is 0 Å². The van der Waals surface area contributed by atoms with Gasteiger partial charge in [0.05, 0.1) is 5.56 Å². The number of phenolic OH excluding ortho intramolecular Hbond substituents is 1. The van der Waals surface area contributed by atoms with E-state index in [2.05, 4.69) is 0 Å². The van der Waals surface area contributed by atoms with Crippen molar-refractivity contribution in [2.45, 2.75) is 19.5 Å². The highest BCUT2D eigenvalue weighted by Crippen LogP contribution is 2.40. The van der Waals surface area contributed by atoms with Crippen LogP contribution in [-0.4, -0.2) is 5.11 Å². The Morgan fingerprint density at radius 2 is 1.71 bits per heavy atom. The molecule has 0 aliphatic rings. The largest absolute Gasteiger partial charge is 0.507 e. The van der Waals surface area contributed by atoms with Gasteiger partial charge in [-0.1, -0.05) is 31.2 Å². The molecule has 0 aliphatic heterocycles. The molecular weight excluding hydrogens is 229 g/mol. The molecule has 0 bridgehead atoms. The molecule has 0 atom stereocenters. The number of rotatable bonds is 1. The number of alkyl halides is 3. The molecule has 0 spiro atoms. The molecule has 4 heteroatoms. The lowest BCUT2D eigenvalue weighted by atomic mass is 9.98. The van der Waals surface area contributed by atoms with Gasteiger partial charge in [0, 0.05) is 5.39 Å². The fourth-order valence-corrected chi connectivity index (χ4v) is 1.92. The smallest absolute Gasteiger partial charge is 0.417 e. The Hall–Kier alpha value is -1.71. The zero-order valence-corrected chi connectivity index (χ0v) is 9.17. The predicted octanol–water partition coefficient (Wildman–Crippen LogP) is 4.13. The maximum absolute atomic E-state index is 12.9. The van der Waals surface area contributed by atoms with Crippen molar-refractivity contribution in [1.82, 2.24) is 0 Å². The van der Waals surface area contributed by atoms with Gasteiger partial charge in [-0.2, -0.15) is 13.2 Å². The van der Waals surface area contributed by atoms with E-state index in [-0.39, 0.29) is 16.5 Å². The van der Waals surface area contributed by atoms with Crippen molar-refractivity contribution in [3.8, 4) is 5.75 Å². The van der Waals surface area contributed by atoms with Crippen LogP contribution in [0.25, 0.3) is 10.8 Å². The first-order chi connectivity index (χ1) is 7.95. The molecule has 0 aliphatic carbocycles. The summed E-state index contributed by atoms with van der Waals surface area (Å²) in [6.45, 7) is 1.71. The summed E-state index contributed by atoms with van der Waals surface area (Å²) in [6, 6.07) is 7.04. The summed E-state index contributed by atoms with van der Waals surface area (Å²) in [6.07, 6.45) is -4.04. The molecule has 17 heavy (non-hydrogen) atoms. The lowest BCUT2D eigenvalue weighted by Gasteiger charge is -2.14. The summed E-state index contributed by atoms with van der Waals surface area (Å²) in [5, 5.41) is 10.2. The minimum Gasteiger partial charge on any atom is -0.507 e. The van der Waals surface area contributed by atoms with E-state index in [9.17, 15) is 18.3 Å². The van der Waals surface area contributed by atoms with E-state index in [1.807, 2.05) is 0 Å². The first-order valence-corrected chi connectivity index (χ1v) is 5.26. The van der Waals surface area contributed by atoms with Crippen LogP contribution in [-0.2, 0) is 12.6 Å². The van der Waals surface area contributed by atoms with Crippen molar-refractivity contribution >= 4 is 10.8 Å². The van der Waals surface area contributed by atoms with Gasteiger partial charge < -0.3 is 5.11 Å². The summed E-state index contributed by atoms with van der Waals surface area (Å²) in [7, 11) is 0. The number of aryl methyl sites for hydroxylation is 1. The van der Waals surface area contributed by atoms with Crippen LogP contribution in [0.15, 0.2) is 30.3 Å². The third-order valence-electron chi connectivity index (χ3n) is 2.78. The second-order valence-electron chi connectivity index (χ2n) is 3.83. The predicted molar refractivity (Wildman–Crippen MR) is 60.0 cm³/mol. The van der Waals surface area contributed by atoms with Gasteiger partial charge in [0.1, 0.15) is 5.75 Å². The van der Waals surface area contributed by atoms with Crippen molar-refractivity contribution < 1.29 is 18.3 Å². The van der Waals surface area contributed by atoms with Gasteiger partial charge in [-0.05, 0) is 23.4 Å². The molecule has 0 heterocycles. The van der Waals surface area contributed by atoms with Crippen LogP contribution in [0.5, 0.6) is 5.75 Å². The summed E-state index contributed by atoms with van der Waals surface area (Å²) in [5.41, 5.74) is -0.376. The number of phenols is 1. The molecule has 0 aromatic heterocycles. The average Bonchev–Trinajstić information content (AvgIpc) is 2.28. The van der Waals surface area contributed by atoms with E-state index in [1.54, 1.807) is 13.0 Å². The molecule has 2 aromatic rings. The Morgan fingerprint density at radius 3 is 2.24 bits per heavy atom. The third kappa shape index (κ3) is 1.95. The van der Waals surface area contributed by atoms with Gasteiger partial charge in [0.2, 0.25) is 0 Å². The Balaban J connectivity index is 2.88. The van der Waals surface area contributed by atoms with E-state index in [4.69, 9.17) is 0 Å². The molecule has 0 saturated carbocycles. The molecule has 1 nitrogen and oxygen atoms in total. The van der Waals surface area contributed by atoms with E-state index < -0.39 is 11.7 Å². The Morgan fingerprint density at radius 1 is 1.12 bits per heavy atom. The molecule has 0 fully saturated rings. The average molecular weight is 240 g/mol. The summed E-state index contributed by atoms with van der Waals surface area (Å²) in [5.74, 6) is -0.0592. The molecule has 1 N–H and O–H groups in total. The van der Waals surface area contributed by atoms with Gasteiger partial charge in [-0.15, -0.1) is 0 Å². The summed E-state index contributed by atoms with van der Waals surface area (Å²) < 4.78 is 38.7. The molecule has 0 saturated heterocycles. The minimum atomic E-state index is -4.41. The highest BCUT2D eigenvalue weighted by Gasteiger charge is 2.33. The number of aromatic hydroxyl groups is 1. The molecule has 90 valence electrons. The standard InChI is InChI=1S/C13H11F3O/c1-2-8-7-11(13(14,15)16)9-5-3-4-6-10(9)12(8)17/h3-7,17H,2H2,1H3. The first-order valence-electron chi connectivity index (χ1n) is 5.26. The second-order valence-corrected chi connectivity index (χ2v) is 3.83. The van der Waals surface area contributed by atoms with Crippen LogP contribution in [0.2, 0.25) is 0 Å². The lowest BCUT2D eigenvalue weighted by molar-refractivity contribution is -0.136. The van der Waals surface area contributed by atoms with Gasteiger partial charge >= 0.3 is 6.18 Å². The van der Waals surface area contributed by atoms with Crippen LogP contribution in [0.1, 0.15) is 18.1 Å². The van der Waals surface area contributed by atoms with E-state index in [0.29, 0.717) is 12.0 Å². The minimum absolute atomic E-state index is 0.0368. The lowest BCUT2D eigenvalue weighted by Crippen LogP contribution is -2.06. The van der Waals surface area contributed by atoms with Crippen molar-refractivity contribution in [3.63, 3.8) is 0 Å². The van der Waals surface area contributed by atoms with Crippen LogP contribution in [0.3, 0.4) is 0 Å². The monoisotopic (exact) mass is 240 g/mol. The van der Waals surface area contributed by atoms with E-state index in [1.165, 1.54) is 18.2 Å². The van der Waals surface area contributed by atoms with Crippen molar-refractivity contribution in [1.29, 1.82) is 0 Å². The van der Waals surface area contributed by atoms with E-state index >= 15 is 0 Å². The van der Waals surface area contributed by atoms with Gasteiger partial charge in [-0.3, -0.25) is 0 Å². The Kier molecular flexibility index (Phi) is 2.73. The maximum Gasteiger partial charge on any atom is 0.417 e. The molecule has 2 aromatic carbocycles. The number of hydrogen-bond donors (Lipinski definition) is 1. The summed E-state index contributed by atoms with van der Waals surface area (Å²) >= 11 is 0. The first kappa shape index (κ1) is 11.8. The normalized spacial score (nSPS) is 12.0. The molecule has 0 amide bonds. The van der Waals surface area contributed by atoms with Crippen LogP contribution in [0.4, 0.5) is 13.2 Å². The van der Waals surface area contributed by atoms with Gasteiger partial charge in [0.15, 0.2) is 0 Å². The van der Waals surface area contributed by atoms with Gasteiger partial charge in [0.25, 0.3) is 0 Å². The maximum atomic E-state index is 12.9. The number of hydrogen-bond acceptors (Lipinski definition) is 1. The zero-order chi connectivity index (χ0) is 12.6. The molecule has 0 unspecified atom stereocenters. The Bertz CT molecular complexity index is 558. The zero-order valence-electron chi connectivity index (χ0n) is 9.17. The van der Waals surface area contributed by atoms with Crippen LogP contribution >= 0.6 is 0 Å². The van der Waals surface area contributed by atoms with E-state index in [0.717, 1.165) is 6.07 Å². The third-order valence-corrected chi connectivity index (χ3v) is 2.78. The SMILES string of the molecule is CCc1cc(C(F)(F)F)c2ccccc2c1O. The fraction of sp³-hybridized carbons (Fsp3) is 0.231.